The van der Waals surface area contributed by atoms with Crippen molar-refractivity contribution in [1.29, 1.82) is 0 Å². The topological polar surface area (TPSA) is 28.4 Å². The summed E-state index contributed by atoms with van der Waals surface area (Å²) in [7, 11) is 0. The number of rotatable bonds is 8. The first-order valence-corrected chi connectivity index (χ1v) is 6.30. The Hall–Kier alpha value is -0.800. The van der Waals surface area contributed by atoms with Crippen LogP contribution in [0.5, 0.6) is 0 Å². The zero-order valence-electron chi connectivity index (χ0n) is 10.8. The van der Waals surface area contributed by atoms with Crippen LogP contribution in [0.1, 0.15) is 32.3 Å². The van der Waals surface area contributed by atoms with Crippen molar-refractivity contribution in [3.63, 3.8) is 0 Å². The summed E-state index contributed by atoms with van der Waals surface area (Å²) in [4.78, 5) is 2.41. The van der Waals surface area contributed by atoms with Crippen molar-refractivity contribution in [3.8, 4) is 0 Å². The second-order valence-corrected chi connectivity index (χ2v) is 3.93. The van der Waals surface area contributed by atoms with Gasteiger partial charge in [-0.2, -0.15) is 0 Å². The molecule has 0 amide bonds. The first-order chi connectivity index (χ1) is 7.80. The van der Waals surface area contributed by atoms with Crippen molar-refractivity contribution in [2.45, 2.75) is 33.7 Å². The fraction of sp³-hybridized carbons (Fsp3) is 0.692. The summed E-state index contributed by atoms with van der Waals surface area (Å²) in [6.07, 6.45) is 0.972. The van der Waals surface area contributed by atoms with Crippen LogP contribution in [-0.2, 0) is 13.0 Å². The summed E-state index contributed by atoms with van der Waals surface area (Å²) in [6.45, 7) is 11.7. The highest BCUT2D eigenvalue weighted by Gasteiger charge is 2.01. The molecule has 1 aromatic heterocycles. The van der Waals surface area contributed by atoms with E-state index in [-0.39, 0.29) is 0 Å². The molecule has 1 aromatic rings. The Kier molecular flexibility index (Phi) is 6.19. The molecule has 92 valence electrons. The minimum absolute atomic E-state index is 0.835. The van der Waals surface area contributed by atoms with Crippen LogP contribution in [0.4, 0.5) is 0 Å². The van der Waals surface area contributed by atoms with Crippen molar-refractivity contribution in [2.75, 3.05) is 26.2 Å². The Bertz CT molecular complexity index is 279. The highest BCUT2D eigenvalue weighted by molar-refractivity contribution is 5.06. The van der Waals surface area contributed by atoms with Gasteiger partial charge in [0.25, 0.3) is 0 Å². The third-order valence-corrected chi connectivity index (χ3v) is 2.86. The molecule has 0 aliphatic carbocycles. The van der Waals surface area contributed by atoms with Crippen LogP contribution in [-0.4, -0.2) is 31.1 Å². The van der Waals surface area contributed by atoms with E-state index in [2.05, 4.69) is 43.1 Å². The zero-order chi connectivity index (χ0) is 11.8. The van der Waals surface area contributed by atoms with Crippen LogP contribution in [0, 0.1) is 0 Å². The minimum atomic E-state index is 0.835. The third kappa shape index (κ3) is 4.37. The van der Waals surface area contributed by atoms with Gasteiger partial charge >= 0.3 is 0 Å². The lowest BCUT2D eigenvalue weighted by Gasteiger charge is -2.17. The predicted molar refractivity (Wildman–Crippen MR) is 67.6 cm³/mol. The van der Waals surface area contributed by atoms with Gasteiger partial charge < -0.3 is 14.6 Å². The molecule has 0 fully saturated rings. The molecule has 3 nitrogen and oxygen atoms in total. The van der Waals surface area contributed by atoms with Crippen LogP contribution in [0.2, 0.25) is 0 Å². The van der Waals surface area contributed by atoms with E-state index in [0.717, 1.165) is 50.7 Å². The number of nitrogens with zero attached hydrogens (tertiary/aromatic N) is 1. The molecule has 0 saturated carbocycles. The molecule has 0 saturated heterocycles. The van der Waals surface area contributed by atoms with Gasteiger partial charge in [0.2, 0.25) is 0 Å². The summed E-state index contributed by atoms with van der Waals surface area (Å²) in [5, 5.41) is 3.40. The smallest absolute Gasteiger partial charge is 0.117 e. The largest absolute Gasteiger partial charge is 0.465 e. The van der Waals surface area contributed by atoms with E-state index in [1.807, 2.05) is 0 Å². The van der Waals surface area contributed by atoms with Crippen molar-refractivity contribution in [2.24, 2.45) is 0 Å². The summed E-state index contributed by atoms with van der Waals surface area (Å²) in [5.74, 6) is 2.11. The van der Waals surface area contributed by atoms with Gasteiger partial charge in [-0.3, -0.25) is 0 Å². The van der Waals surface area contributed by atoms with Crippen molar-refractivity contribution in [1.82, 2.24) is 10.2 Å². The fourth-order valence-electron chi connectivity index (χ4n) is 1.70. The summed E-state index contributed by atoms with van der Waals surface area (Å²) >= 11 is 0. The van der Waals surface area contributed by atoms with Gasteiger partial charge in [-0.1, -0.05) is 20.8 Å². The Morgan fingerprint density at radius 3 is 2.38 bits per heavy atom. The van der Waals surface area contributed by atoms with E-state index < -0.39 is 0 Å². The lowest BCUT2D eigenvalue weighted by molar-refractivity contribution is 0.300. The molecule has 1 N–H and O–H groups in total. The fourth-order valence-corrected chi connectivity index (χ4v) is 1.70. The third-order valence-electron chi connectivity index (χ3n) is 2.86. The van der Waals surface area contributed by atoms with Gasteiger partial charge in [0.1, 0.15) is 11.5 Å². The molecule has 1 rings (SSSR count). The highest BCUT2D eigenvalue weighted by atomic mass is 16.3. The lowest BCUT2D eigenvalue weighted by Crippen LogP contribution is -2.31. The van der Waals surface area contributed by atoms with Gasteiger partial charge in [-0.15, -0.1) is 0 Å². The molecule has 0 spiro atoms. The van der Waals surface area contributed by atoms with Crippen molar-refractivity contribution < 1.29 is 4.42 Å². The number of furan rings is 1. The molecule has 3 heteroatoms. The molecule has 0 atom stereocenters. The highest BCUT2D eigenvalue weighted by Crippen LogP contribution is 2.07. The zero-order valence-corrected chi connectivity index (χ0v) is 10.8. The SMILES string of the molecule is CCc1ccc(CNCCN(CC)CC)o1. The van der Waals surface area contributed by atoms with Gasteiger partial charge in [-0.25, -0.2) is 0 Å². The molecule has 1 heterocycles. The van der Waals surface area contributed by atoms with Crippen LogP contribution >= 0.6 is 0 Å². The van der Waals surface area contributed by atoms with Gasteiger partial charge in [0, 0.05) is 19.5 Å². The lowest BCUT2D eigenvalue weighted by atomic mass is 10.3. The summed E-state index contributed by atoms with van der Waals surface area (Å²) < 4.78 is 5.62. The summed E-state index contributed by atoms with van der Waals surface area (Å²) in [6, 6.07) is 4.12. The van der Waals surface area contributed by atoms with Gasteiger partial charge in [0.05, 0.1) is 6.54 Å². The monoisotopic (exact) mass is 224 g/mol. The Balaban J connectivity index is 2.15. The quantitative estimate of drug-likeness (QED) is 0.687. The van der Waals surface area contributed by atoms with E-state index in [9.17, 15) is 0 Å². The first-order valence-electron chi connectivity index (χ1n) is 6.30. The molecule has 0 radical (unpaired) electrons. The number of nitrogens with one attached hydrogen (secondary N) is 1. The maximum Gasteiger partial charge on any atom is 0.117 e. The molecular weight excluding hydrogens is 200 g/mol. The van der Waals surface area contributed by atoms with Crippen LogP contribution in [0.15, 0.2) is 16.5 Å². The van der Waals surface area contributed by atoms with Crippen LogP contribution in [0.25, 0.3) is 0 Å². The van der Waals surface area contributed by atoms with Crippen molar-refractivity contribution >= 4 is 0 Å². The average Bonchev–Trinajstić information content (AvgIpc) is 2.77. The first kappa shape index (κ1) is 13.3. The average molecular weight is 224 g/mol. The molecule has 16 heavy (non-hydrogen) atoms. The van der Waals surface area contributed by atoms with E-state index in [4.69, 9.17) is 4.42 Å². The number of hydrogen-bond donors (Lipinski definition) is 1. The predicted octanol–water partition coefficient (Wildman–Crippen LogP) is 2.27. The van der Waals surface area contributed by atoms with E-state index in [1.165, 1.54) is 0 Å². The second-order valence-electron chi connectivity index (χ2n) is 3.93. The molecule has 0 bridgehead atoms. The maximum absolute atomic E-state index is 5.62. The molecule has 0 aliphatic rings. The van der Waals surface area contributed by atoms with Crippen molar-refractivity contribution in [3.05, 3.63) is 23.7 Å². The number of likely N-dealkylation sites (N-methyl/N-ethyl adjacent to an activating group) is 1. The van der Waals surface area contributed by atoms with E-state index in [0.29, 0.717) is 0 Å². The second kappa shape index (κ2) is 7.47. The Morgan fingerprint density at radius 1 is 1.12 bits per heavy atom. The van der Waals surface area contributed by atoms with Crippen LogP contribution < -0.4 is 5.32 Å². The van der Waals surface area contributed by atoms with E-state index in [1.54, 1.807) is 0 Å². The molecule has 0 aliphatic heterocycles. The standard InChI is InChI=1S/C13H24N2O/c1-4-12-7-8-13(16-12)11-14-9-10-15(5-2)6-3/h7-8,14H,4-6,9-11H2,1-3H3. The van der Waals surface area contributed by atoms with Crippen LogP contribution in [0.3, 0.4) is 0 Å². The summed E-state index contributed by atoms with van der Waals surface area (Å²) in [5.41, 5.74) is 0. The molecule has 0 aromatic carbocycles. The molecule has 0 unspecified atom stereocenters. The maximum atomic E-state index is 5.62. The minimum Gasteiger partial charge on any atom is -0.465 e. The van der Waals surface area contributed by atoms with E-state index >= 15 is 0 Å². The van der Waals surface area contributed by atoms with Gasteiger partial charge in [-0.05, 0) is 25.2 Å². The Morgan fingerprint density at radius 2 is 1.81 bits per heavy atom. The number of aryl methyl sites for hydroxylation is 1. The number of hydrogen-bond acceptors (Lipinski definition) is 3. The Labute approximate surface area is 98.8 Å². The normalized spacial score (nSPS) is 11.2. The molecular formula is C13H24N2O. The van der Waals surface area contributed by atoms with Gasteiger partial charge in [0.15, 0.2) is 0 Å².